The largest absolute Gasteiger partial charge is 0.356 e. The third-order valence-corrected chi connectivity index (χ3v) is 3.72. The van der Waals surface area contributed by atoms with E-state index in [9.17, 15) is 9.59 Å². The first-order valence-corrected chi connectivity index (χ1v) is 7.59. The Balaban J connectivity index is 2.16. The minimum absolute atomic E-state index is 0.0306. The fourth-order valence-corrected chi connectivity index (χ4v) is 2.18. The smallest absolute Gasteiger partial charge is 0.225 e. The molecule has 0 aromatic heterocycles. The van der Waals surface area contributed by atoms with Gasteiger partial charge in [0.1, 0.15) is 0 Å². The molecular weight excluding hydrogens is 254 g/mol. The molecule has 116 valence electrons. The number of piperidine rings is 1. The number of carbonyl (C=O) groups is 2. The zero-order valence-corrected chi connectivity index (χ0v) is 13.2. The minimum Gasteiger partial charge on any atom is -0.356 e. The summed E-state index contributed by atoms with van der Waals surface area (Å²) in [4.78, 5) is 23.5. The summed E-state index contributed by atoms with van der Waals surface area (Å²) in [6.45, 7) is 10.3. The van der Waals surface area contributed by atoms with E-state index in [1.54, 1.807) is 0 Å². The van der Waals surface area contributed by atoms with Crippen LogP contribution in [-0.4, -0.2) is 37.5 Å². The molecule has 2 unspecified atom stereocenters. The second-order valence-electron chi connectivity index (χ2n) is 6.75. The summed E-state index contributed by atoms with van der Waals surface area (Å²) in [6.07, 6.45) is 2.25. The quantitative estimate of drug-likeness (QED) is 0.660. The predicted molar refractivity (Wildman–Crippen MR) is 80.3 cm³/mol. The molecule has 2 atom stereocenters. The molecule has 3 N–H and O–H groups in total. The van der Waals surface area contributed by atoms with Crippen LogP contribution in [0.4, 0.5) is 0 Å². The Kier molecular flexibility index (Phi) is 6.46. The highest BCUT2D eigenvalue weighted by Crippen LogP contribution is 2.13. The molecule has 0 spiro atoms. The fourth-order valence-electron chi connectivity index (χ4n) is 2.18. The zero-order chi connectivity index (χ0) is 15.2. The second kappa shape index (κ2) is 7.62. The maximum atomic E-state index is 11.8. The average Bonchev–Trinajstić information content (AvgIpc) is 2.36. The molecule has 1 aliphatic heterocycles. The van der Waals surface area contributed by atoms with Crippen LogP contribution in [0.25, 0.3) is 0 Å². The summed E-state index contributed by atoms with van der Waals surface area (Å²) < 4.78 is 0. The van der Waals surface area contributed by atoms with Crippen LogP contribution in [0.1, 0.15) is 47.0 Å². The molecule has 1 rings (SSSR count). The van der Waals surface area contributed by atoms with Gasteiger partial charge in [-0.1, -0.05) is 27.7 Å². The summed E-state index contributed by atoms with van der Waals surface area (Å²) in [5.74, 6) is 0.638. The van der Waals surface area contributed by atoms with Gasteiger partial charge in [-0.25, -0.2) is 0 Å². The summed E-state index contributed by atoms with van der Waals surface area (Å²) in [5, 5.41) is 9.23. The Hall–Kier alpha value is -1.10. The number of rotatable bonds is 5. The highest BCUT2D eigenvalue weighted by molar-refractivity contribution is 5.81. The van der Waals surface area contributed by atoms with Crippen LogP contribution in [-0.2, 0) is 9.59 Å². The van der Waals surface area contributed by atoms with E-state index >= 15 is 0 Å². The van der Waals surface area contributed by atoms with Crippen molar-refractivity contribution in [2.45, 2.75) is 53.0 Å². The number of hydrogen-bond donors (Lipinski definition) is 3. The van der Waals surface area contributed by atoms with Crippen molar-refractivity contribution in [2.24, 2.45) is 11.3 Å². The molecule has 1 saturated heterocycles. The van der Waals surface area contributed by atoms with E-state index in [0.29, 0.717) is 25.3 Å². The number of hydrogen-bond acceptors (Lipinski definition) is 3. The lowest BCUT2D eigenvalue weighted by molar-refractivity contribution is -0.128. The standard InChI is InChI=1S/C15H29N3O2/c1-11-7-9-16-10-12(11)18-13(19)6-5-8-17-14(20)15(2,3)4/h11-12,16H,5-10H2,1-4H3,(H,17,20)(H,18,19). The lowest BCUT2D eigenvalue weighted by atomic mass is 9.94. The molecular formula is C15H29N3O2. The monoisotopic (exact) mass is 283 g/mol. The lowest BCUT2D eigenvalue weighted by Crippen LogP contribution is -2.50. The van der Waals surface area contributed by atoms with Gasteiger partial charge in [-0.2, -0.15) is 0 Å². The normalized spacial score (nSPS) is 23.2. The average molecular weight is 283 g/mol. The van der Waals surface area contributed by atoms with Gasteiger partial charge in [0.05, 0.1) is 0 Å². The van der Waals surface area contributed by atoms with Gasteiger partial charge >= 0.3 is 0 Å². The van der Waals surface area contributed by atoms with Gasteiger partial charge in [-0.3, -0.25) is 9.59 Å². The molecule has 20 heavy (non-hydrogen) atoms. The molecule has 1 heterocycles. The van der Waals surface area contributed by atoms with Crippen LogP contribution in [0, 0.1) is 11.3 Å². The first kappa shape index (κ1) is 17.0. The minimum atomic E-state index is -0.370. The van der Waals surface area contributed by atoms with Crippen LogP contribution in [0.5, 0.6) is 0 Å². The van der Waals surface area contributed by atoms with Crippen molar-refractivity contribution in [2.75, 3.05) is 19.6 Å². The summed E-state index contributed by atoms with van der Waals surface area (Å²) in [7, 11) is 0. The second-order valence-corrected chi connectivity index (χ2v) is 6.75. The molecule has 1 aliphatic rings. The van der Waals surface area contributed by atoms with Crippen molar-refractivity contribution in [3.05, 3.63) is 0 Å². The molecule has 0 aromatic rings. The van der Waals surface area contributed by atoms with Gasteiger partial charge in [0, 0.05) is 31.0 Å². The molecule has 1 fully saturated rings. The number of nitrogens with one attached hydrogen (secondary N) is 3. The van der Waals surface area contributed by atoms with E-state index in [1.807, 2.05) is 20.8 Å². The lowest BCUT2D eigenvalue weighted by Gasteiger charge is -2.30. The first-order chi connectivity index (χ1) is 9.30. The van der Waals surface area contributed by atoms with Gasteiger partial charge in [-0.05, 0) is 25.3 Å². The zero-order valence-electron chi connectivity index (χ0n) is 13.2. The summed E-state index contributed by atoms with van der Waals surface area (Å²) in [6, 6.07) is 0.236. The van der Waals surface area contributed by atoms with E-state index < -0.39 is 0 Å². The van der Waals surface area contributed by atoms with Gasteiger partial charge < -0.3 is 16.0 Å². The van der Waals surface area contributed by atoms with Crippen LogP contribution in [0.2, 0.25) is 0 Å². The maximum Gasteiger partial charge on any atom is 0.225 e. The van der Waals surface area contributed by atoms with E-state index in [1.165, 1.54) is 0 Å². The molecule has 0 radical (unpaired) electrons. The Labute approximate surface area is 122 Å². The fraction of sp³-hybridized carbons (Fsp3) is 0.867. The van der Waals surface area contributed by atoms with Gasteiger partial charge in [-0.15, -0.1) is 0 Å². The van der Waals surface area contributed by atoms with Crippen molar-refractivity contribution in [1.29, 1.82) is 0 Å². The highest BCUT2D eigenvalue weighted by Gasteiger charge is 2.23. The van der Waals surface area contributed by atoms with Crippen molar-refractivity contribution in [1.82, 2.24) is 16.0 Å². The van der Waals surface area contributed by atoms with E-state index in [4.69, 9.17) is 0 Å². The molecule has 0 saturated carbocycles. The third-order valence-electron chi connectivity index (χ3n) is 3.72. The third kappa shape index (κ3) is 5.90. The van der Waals surface area contributed by atoms with Crippen molar-refractivity contribution < 1.29 is 9.59 Å². The Morgan fingerprint density at radius 1 is 1.30 bits per heavy atom. The predicted octanol–water partition coefficient (Wildman–Crippen LogP) is 1.04. The molecule has 0 aromatic carbocycles. The van der Waals surface area contributed by atoms with Crippen molar-refractivity contribution in [3.63, 3.8) is 0 Å². The Morgan fingerprint density at radius 2 is 2.00 bits per heavy atom. The van der Waals surface area contributed by atoms with E-state index in [-0.39, 0.29) is 23.3 Å². The Bertz CT molecular complexity index is 337. The summed E-state index contributed by atoms with van der Waals surface area (Å²) in [5.41, 5.74) is -0.370. The topological polar surface area (TPSA) is 70.2 Å². The first-order valence-electron chi connectivity index (χ1n) is 7.59. The molecule has 0 bridgehead atoms. The van der Waals surface area contributed by atoms with Crippen molar-refractivity contribution >= 4 is 11.8 Å². The van der Waals surface area contributed by atoms with Crippen LogP contribution < -0.4 is 16.0 Å². The van der Waals surface area contributed by atoms with Gasteiger partial charge in [0.25, 0.3) is 0 Å². The van der Waals surface area contributed by atoms with E-state index in [2.05, 4.69) is 22.9 Å². The van der Waals surface area contributed by atoms with Gasteiger partial charge in [0.2, 0.25) is 11.8 Å². The van der Waals surface area contributed by atoms with Crippen LogP contribution in [0.3, 0.4) is 0 Å². The Morgan fingerprint density at radius 3 is 2.60 bits per heavy atom. The molecule has 5 heteroatoms. The SMILES string of the molecule is CC1CCNCC1NC(=O)CCCNC(=O)C(C)(C)C. The molecule has 2 amide bonds. The van der Waals surface area contributed by atoms with Crippen LogP contribution >= 0.6 is 0 Å². The molecule has 0 aliphatic carbocycles. The van der Waals surface area contributed by atoms with E-state index in [0.717, 1.165) is 19.5 Å². The maximum absolute atomic E-state index is 11.8. The number of amides is 2. The number of carbonyl (C=O) groups excluding carboxylic acids is 2. The van der Waals surface area contributed by atoms with Crippen molar-refractivity contribution in [3.8, 4) is 0 Å². The van der Waals surface area contributed by atoms with Gasteiger partial charge in [0.15, 0.2) is 0 Å². The summed E-state index contributed by atoms with van der Waals surface area (Å²) >= 11 is 0. The van der Waals surface area contributed by atoms with Crippen LogP contribution in [0.15, 0.2) is 0 Å². The highest BCUT2D eigenvalue weighted by atomic mass is 16.2. The molecule has 5 nitrogen and oxygen atoms in total.